The van der Waals surface area contributed by atoms with E-state index in [-0.39, 0.29) is 55.6 Å². The number of halogens is 2. The lowest BCUT2D eigenvalue weighted by Crippen LogP contribution is -2.40. The van der Waals surface area contributed by atoms with E-state index in [0.717, 1.165) is 66.5 Å². The quantitative estimate of drug-likeness (QED) is 0.0728. The van der Waals surface area contributed by atoms with Crippen LogP contribution in [0.15, 0.2) is 107 Å². The number of amides is 1. The van der Waals surface area contributed by atoms with E-state index in [2.05, 4.69) is 46.0 Å². The fourth-order valence-corrected chi connectivity index (χ4v) is 8.57. The SMILES string of the molecule is C.COC(=O)C[C@H](N)c1cncc(-c2c(C)cccc2C)c1.COC(=O)C[C@H](NC(=O)C(CC(C)C)n1cc(F)c(C)cc1=O)c1cncc(-c2c(C)cccc2C)c1.Cc1cc(=O)n(C(CC(C)C)C(=O)O)cc1F. The van der Waals surface area contributed by atoms with Crippen molar-refractivity contribution in [2.75, 3.05) is 14.2 Å². The molecule has 408 valence electrons. The number of aromatic nitrogens is 4. The standard InChI is InChI=1S/C29H34FN3O4.C17H20N2O2.C12H16FNO3.CH4/c1-17(2)10-25(33-16-23(30)20(5)11-26(33)34)29(36)32-24(13-27(35)37-6)21-12-22(15-31-14-21)28-18(3)8-7-9-19(28)4;1-11-5-4-6-12(2)17(11)14-7-13(9-19-10-14)15(18)8-16(20)21-3;1-7(2)4-10(12(16)17)14-6-9(13)8(3)5-11(14)15;/h7-9,11-12,14-17,24-25H,10,13H2,1-6H3,(H,32,36);4-7,9-10,15H,8,18H2,1-3H3;5-7,10H,4H2,1-3H3,(H,16,17);1H4/t24-,25?;15-;;/m00../s1. The zero-order valence-electron chi connectivity index (χ0n) is 44.9. The highest BCUT2D eigenvalue weighted by molar-refractivity contribution is 5.82. The molecule has 0 aliphatic heterocycles. The Morgan fingerprint density at radius 2 is 1.01 bits per heavy atom. The van der Waals surface area contributed by atoms with Gasteiger partial charge in [-0.3, -0.25) is 38.5 Å². The van der Waals surface area contributed by atoms with Crippen molar-refractivity contribution < 1.29 is 42.5 Å². The van der Waals surface area contributed by atoms with Crippen molar-refractivity contribution in [3.8, 4) is 22.3 Å². The third kappa shape index (κ3) is 17.2. The monoisotopic (exact) mass is 1050 g/mol. The van der Waals surface area contributed by atoms with Crippen LogP contribution in [0.5, 0.6) is 0 Å². The molecule has 0 radical (unpaired) electrons. The van der Waals surface area contributed by atoms with Crippen molar-refractivity contribution in [3.05, 3.63) is 175 Å². The van der Waals surface area contributed by atoms with E-state index in [1.165, 1.54) is 45.3 Å². The first-order valence-electron chi connectivity index (χ1n) is 24.6. The lowest BCUT2D eigenvalue weighted by molar-refractivity contribution is -0.142. The normalized spacial score (nSPS) is 12.4. The number of rotatable bonds is 17. The van der Waals surface area contributed by atoms with Crippen LogP contribution in [0.25, 0.3) is 22.3 Å². The van der Waals surface area contributed by atoms with E-state index >= 15 is 0 Å². The Morgan fingerprint density at radius 1 is 0.618 bits per heavy atom. The van der Waals surface area contributed by atoms with E-state index in [0.29, 0.717) is 12.0 Å². The first-order valence-corrected chi connectivity index (χ1v) is 24.6. The van der Waals surface area contributed by atoms with Gasteiger partial charge in [0.05, 0.1) is 33.1 Å². The summed E-state index contributed by atoms with van der Waals surface area (Å²) in [5, 5.41) is 12.0. The van der Waals surface area contributed by atoms with E-state index < -0.39 is 64.8 Å². The molecule has 0 fully saturated rings. The summed E-state index contributed by atoms with van der Waals surface area (Å²) in [7, 11) is 2.64. The second-order valence-corrected chi connectivity index (χ2v) is 19.5. The molecule has 76 heavy (non-hydrogen) atoms. The Balaban J connectivity index is 0.000000329. The van der Waals surface area contributed by atoms with Crippen LogP contribution in [-0.2, 0) is 28.7 Å². The number of aliphatic carboxylic acids is 1. The molecule has 1 amide bonds. The van der Waals surface area contributed by atoms with Crippen LogP contribution in [0.2, 0.25) is 0 Å². The first-order chi connectivity index (χ1) is 35.4. The van der Waals surface area contributed by atoms with Crippen LogP contribution in [0.4, 0.5) is 8.78 Å². The molecule has 0 aliphatic carbocycles. The number of methoxy groups -OCH3 is 2. The number of nitrogens with zero attached hydrogens (tertiary/aromatic N) is 4. The molecule has 4 N–H and O–H groups in total. The number of hydrogen-bond donors (Lipinski definition) is 3. The minimum atomic E-state index is -1.12. The summed E-state index contributed by atoms with van der Waals surface area (Å²) in [6.07, 6.45) is 9.51. The number of ether oxygens (including phenoxy) is 2. The van der Waals surface area contributed by atoms with E-state index in [9.17, 15) is 37.5 Å². The number of esters is 2. The van der Waals surface area contributed by atoms with Gasteiger partial charge in [-0.05, 0) is 134 Å². The smallest absolute Gasteiger partial charge is 0.326 e. The molecule has 17 heteroatoms. The Hall–Kier alpha value is -7.66. The molecule has 4 aromatic heterocycles. The zero-order valence-corrected chi connectivity index (χ0v) is 44.9. The summed E-state index contributed by atoms with van der Waals surface area (Å²) in [6, 6.07) is 15.2. The average molecular weight is 1050 g/mol. The highest BCUT2D eigenvalue weighted by atomic mass is 19.1. The van der Waals surface area contributed by atoms with Crippen molar-refractivity contribution in [1.29, 1.82) is 0 Å². The molecule has 0 saturated carbocycles. The number of carbonyl (C=O) groups is 4. The van der Waals surface area contributed by atoms with Crippen molar-refractivity contribution in [2.45, 2.75) is 127 Å². The van der Waals surface area contributed by atoms with Gasteiger partial charge >= 0.3 is 17.9 Å². The molecule has 4 atom stereocenters. The van der Waals surface area contributed by atoms with Crippen molar-refractivity contribution >= 4 is 23.8 Å². The van der Waals surface area contributed by atoms with Crippen molar-refractivity contribution in [1.82, 2.24) is 24.4 Å². The number of carbonyl (C=O) groups excluding carboxylic acids is 3. The second-order valence-electron chi connectivity index (χ2n) is 19.5. The second kappa shape index (κ2) is 28.9. The highest BCUT2D eigenvalue weighted by Gasteiger charge is 2.29. The lowest BCUT2D eigenvalue weighted by Gasteiger charge is -2.25. The lowest BCUT2D eigenvalue weighted by atomic mass is 9.94. The minimum absolute atomic E-state index is 0. The predicted molar refractivity (Wildman–Crippen MR) is 292 cm³/mol. The van der Waals surface area contributed by atoms with Crippen molar-refractivity contribution in [2.24, 2.45) is 17.6 Å². The molecule has 6 rings (SSSR count). The van der Waals surface area contributed by atoms with Gasteiger partial charge in [-0.25, -0.2) is 13.6 Å². The maximum atomic E-state index is 14.4. The fourth-order valence-electron chi connectivity index (χ4n) is 8.57. The van der Waals surface area contributed by atoms with Gasteiger partial charge in [0.15, 0.2) is 0 Å². The summed E-state index contributed by atoms with van der Waals surface area (Å²) in [6.45, 7) is 18.7. The summed E-state index contributed by atoms with van der Waals surface area (Å²) < 4.78 is 39.4. The number of aryl methyl sites for hydroxylation is 6. The molecular weight excluding hydrogens is 975 g/mol. The largest absolute Gasteiger partial charge is 0.480 e. The number of nitrogens with two attached hydrogens (primary N) is 1. The molecule has 2 unspecified atom stereocenters. The summed E-state index contributed by atoms with van der Waals surface area (Å²) in [5.41, 5.74) is 15.6. The van der Waals surface area contributed by atoms with Gasteiger partial charge in [0.25, 0.3) is 11.1 Å². The van der Waals surface area contributed by atoms with Crippen LogP contribution in [0.3, 0.4) is 0 Å². The van der Waals surface area contributed by atoms with Crippen molar-refractivity contribution in [3.63, 3.8) is 0 Å². The van der Waals surface area contributed by atoms with Crippen LogP contribution >= 0.6 is 0 Å². The molecule has 0 bridgehead atoms. The van der Waals surface area contributed by atoms with E-state index in [1.807, 2.05) is 84.1 Å². The fraction of sp³-hybridized carbons (Fsp3) is 0.390. The minimum Gasteiger partial charge on any atom is -0.480 e. The van der Waals surface area contributed by atoms with Gasteiger partial charge in [-0.2, -0.15) is 0 Å². The number of pyridine rings is 4. The molecule has 0 spiro atoms. The highest BCUT2D eigenvalue weighted by Crippen LogP contribution is 2.31. The van der Waals surface area contributed by atoms with Crippen LogP contribution in [0.1, 0.15) is 129 Å². The van der Waals surface area contributed by atoms with Crippen LogP contribution in [0, 0.1) is 65.0 Å². The Labute approximate surface area is 444 Å². The van der Waals surface area contributed by atoms with Gasteiger partial charge < -0.3 is 30.2 Å². The summed E-state index contributed by atoms with van der Waals surface area (Å²) in [5.74, 6) is -3.44. The Bertz CT molecular complexity index is 3060. The maximum Gasteiger partial charge on any atom is 0.326 e. The third-order valence-corrected chi connectivity index (χ3v) is 12.5. The van der Waals surface area contributed by atoms with Gasteiger partial charge in [0.1, 0.15) is 23.7 Å². The number of nitrogens with one attached hydrogen (secondary N) is 1. The van der Waals surface area contributed by atoms with Crippen LogP contribution < -0.4 is 22.2 Å². The topological polar surface area (TPSA) is 215 Å². The number of hydrogen-bond acceptors (Lipinski definition) is 11. The molecule has 0 saturated heterocycles. The number of carboxylic acid groups (broad SMARTS) is 1. The predicted octanol–water partition coefficient (Wildman–Crippen LogP) is 10.5. The molecule has 6 aromatic rings. The Kier molecular flexibility index (Phi) is 23.8. The average Bonchev–Trinajstić information content (AvgIpc) is 3.35. The van der Waals surface area contributed by atoms with E-state index in [1.54, 1.807) is 18.6 Å². The molecule has 15 nitrogen and oxygen atoms in total. The summed E-state index contributed by atoms with van der Waals surface area (Å²) >= 11 is 0. The zero-order chi connectivity index (χ0) is 55.8. The number of benzene rings is 2. The Morgan fingerprint density at radius 3 is 1.43 bits per heavy atom. The molecule has 4 heterocycles. The maximum absolute atomic E-state index is 14.4. The molecular formula is C59H74F2N6O9. The van der Waals surface area contributed by atoms with E-state index in [4.69, 9.17) is 15.6 Å². The van der Waals surface area contributed by atoms with Gasteiger partial charge in [0.2, 0.25) is 5.91 Å². The molecule has 2 aromatic carbocycles. The van der Waals surface area contributed by atoms with Gasteiger partial charge in [0, 0.05) is 66.5 Å². The van der Waals surface area contributed by atoms with Gasteiger partial charge in [-0.1, -0.05) is 71.5 Å². The first kappa shape index (κ1) is 62.6. The molecule has 0 aliphatic rings. The third-order valence-electron chi connectivity index (χ3n) is 12.5. The van der Waals surface area contributed by atoms with Crippen LogP contribution in [-0.4, -0.2) is 62.2 Å². The van der Waals surface area contributed by atoms with Gasteiger partial charge in [-0.15, -0.1) is 0 Å². The number of carboxylic acids is 1. The summed E-state index contributed by atoms with van der Waals surface area (Å²) in [4.78, 5) is 81.3.